The number of nitrogens with zero attached hydrogens (tertiary/aromatic N) is 2. The van der Waals surface area contributed by atoms with Gasteiger partial charge in [0.2, 0.25) is 0 Å². The average Bonchev–Trinajstić information content (AvgIpc) is 3.04. The van der Waals surface area contributed by atoms with Gasteiger partial charge in [0.1, 0.15) is 5.69 Å². The fraction of sp³-hybridized carbons (Fsp3) is 0.438. The molecule has 3 rings (SSSR count). The molecular formula is C16H19ClN4O. The summed E-state index contributed by atoms with van der Waals surface area (Å²) >= 11 is 5.90. The van der Waals surface area contributed by atoms with E-state index in [1.54, 1.807) is 18.3 Å². The summed E-state index contributed by atoms with van der Waals surface area (Å²) in [6, 6.07) is 5.31. The smallest absolute Gasteiger partial charge is 0.272 e. The Bertz CT molecular complexity index is 649. The lowest BCUT2D eigenvalue weighted by molar-refractivity contribution is 0.0945. The van der Waals surface area contributed by atoms with Crippen LogP contribution in [-0.2, 0) is 6.54 Å². The van der Waals surface area contributed by atoms with Crippen LogP contribution in [-0.4, -0.2) is 21.1 Å². The van der Waals surface area contributed by atoms with Crippen molar-refractivity contribution in [1.29, 1.82) is 0 Å². The van der Waals surface area contributed by atoms with E-state index in [1.807, 2.05) is 6.07 Å². The largest absolute Gasteiger partial charge is 0.345 e. The van der Waals surface area contributed by atoms with Gasteiger partial charge in [0.05, 0.1) is 12.2 Å². The molecule has 2 heterocycles. The van der Waals surface area contributed by atoms with Gasteiger partial charge in [0.15, 0.2) is 0 Å². The number of halogens is 1. The van der Waals surface area contributed by atoms with Crippen molar-refractivity contribution in [2.45, 2.75) is 44.6 Å². The first-order valence-corrected chi connectivity index (χ1v) is 8.04. The number of amides is 1. The van der Waals surface area contributed by atoms with Gasteiger partial charge in [-0.1, -0.05) is 30.9 Å². The lowest BCUT2D eigenvalue weighted by Crippen LogP contribution is -2.23. The molecule has 0 unspecified atom stereocenters. The van der Waals surface area contributed by atoms with Crippen LogP contribution in [0.5, 0.6) is 0 Å². The highest BCUT2D eigenvalue weighted by Crippen LogP contribution is 2.31. The first-order valence-electron chi connectivity index (χ1n) is 7.66. The third kappa shape index (κ3) is 3.65. The summed E-state index contributed by atoms with van der Waals surface area (Å²) in [6.07, 6.45) is 7.80. The molecule has 0 bridgehead atoms. The van der Waals surface area contributed by atoms with Gasteiger partial charge in [0.25, 0.3) is 5.91 Å². The summed E-state index contributed by atoms with van der Waals surface area (Å²) in [7, 11) is 0. The van der Waals surface area contributed by atoms with Crippen LogP contribution in [0.2, 0.25) is 5.02 Å². The fourth-order valence-corrected chi connectivity index (χ4v) is 3.06. The lowest BCUT2D eigenvalue weighted by Gasteiger charge is -2.19. The molecule has 0 atom stereocenters. The highest BCUT2D eigenvalue weighted by molar-refractivity contribution is 6.30. The number of hydrogen-bond donors (Lipinski definition) is 2. The lowest BCUT2D eigenvalue weighted by atomic mass is 9.87. The third-order valence-electron chi connectivity index (χ3n) is 4.08. The molecule has 5 nitrogen and oxygen atoms in total. The van der Waals surface area contributed by atoms with Gasteiger partial charge in [-0.05, 0) is 31.0 Å². The molecule has 0 spiro atoms. The van der Waals surface area contributed by atoms with Crippen LogP contribution in [0.1, 0.15) is 59.9 Å². The summed E-state index contributed by atoms with van der Waals surface area (Å²) in [5.74, 6) is 0.317. The fourth-order valence-electron chi connectivity index (χ4n) is 2.88. The maximum absolute atomic E-state index is 12.1. The number of pyridine rings is 1. The number of carbonyl (C=O) groups is 1. The summed E-state index contributed by atoms with van der Waals surface area (Å²) in [5.41, 5.74) is 2.23. The average molecular weight is 319 g/mol. The second-order valence-corrected chi connectivity index (χ2v) is 6.13. The molecule has 0 radical (unpaired) electrons. The molecule has 1 amide bonds. The first kappa shape index (κ1) is 15.0. The van der Waals surface area contributed by atoms with E-state index in [9.17, 15) is 4.79 Å². The molecule has 22 heavy (non-hydrogen) atoms. The normalized spacial score (nSPS) is 15.7. The molecule has 1 saturated carbocycles. The quantitative estimate of drug-likeness (QED) is 0.907. The van der Waals surface area contributed by atoms with E-state index in [2.05, 4.69) is 20.5 Å². The zero-order valence-corrected chi connectivity index (χ0v) is 13.1. The zero-order valence-electron chi connectivity index (χ0n) is 12.3. The van der Waals surface area contributed by atoms with E-state index in [0.29, 0.717) is 23.2 Å². The summed E-state index contributed by atoms with van der Waals surface area (Å²) in [6.45, 7) is 0.338. The van der Waals surface area contributed by atoms with Crippen LogP contribution in [0, 0.1) is 0 Å². The highest BCUT2D eigenvalue weighted by Gasteiger charge is 2.19. The van der Waals surface area contributed by atoms with Crippen molar-refractivity contribution < 1.29 is 4.79 Å². The summed E-state index contributed by atoms with van der Waals surface area (Å²) in [4.78, 5) is 16.3. The number of aromatic amines is 1. The second-order valence-electron chi connectivity index (χ2n) is 5.69. The van der Waals surface area contributed by atoms with Crippen LogP contribution >= 0.6 is 11.6 Å². The standard InChI is InChI=1S/C16H19ClN4O/c17-12-6-7-18-13(8-12)10-19-16(22)15-9-14(20-21-15)11-4-2-1-3-5-11/h6-9,11H,1-5,10H2,(H,19,22)(H,20,21). The van der Waals surface area contributed by atoms with E-state index >= 15 is 0 Å². The second kappa shape index (κ2) is 6.92. The Kier molecular flexibility index (Phi) is 4.73. The minimum absolute atomic E-state index is 0.194. The Morgan fingerprint density at radius 2 is 2.14 bits per heavy atom. The minimum Gasteiger partial charge on any atom is -0.345 e. The maximum atomic E-state index is 12.1. The molecule has 2 aromatic rings. The number of H-pyrrole nitrogens is 1. The Hall–Kier alpha value is -1.88. The molecule has 2 N–H and O–H groups in total. The van der Waals surface area contributed by atoms with Crippen molar-refractivity contribution >= 4 is 17.5 Å². The molecule has 0 aliphatic heterocycles. The zero-order chi connectivity index (χ0) is 15.4. The summed E-state index contributed by atoms with van der Waals surface area (Å²) < 4.78 is 0. The van der Waals surface area contributed by atoms with E-state index < -0.39 is 0 Å². The van der Waals surface area contributed by atoms with Crippen LogP contribution in [0.15, 0.2) is 24.4 Å². The highest BCUT2D eigenvalue weighted by atomic mass is 35.5. The molecule has 6 heteroatoms. The molecule has 1 fully saturated rings. The number of nitrogens with one attached hydrogen (secondary N) is 2. The molecular weight excluding hydrogens is 300 g/mol. The van der Waals surface area contributed by atoms with E-state index in [0.717, 1.165) is 11.4 Å². The summed E-state index contributed by atoms with van der Waals surface area (Å²) in [5, 5.41) is 10.6. The van der Waals surface area contributed by atoms with Gasteiger partial charge in [-0.2, -0.15) is 5.10 Å². The third-order valence-corrected chi connectivity index (χ3v) is 4.32. The number of rotatable bonds is 4. The van der Waals surface area contributed by atoms with E-state index in [-0.39, 0.29) is 5.91 Å². The predicted molar refractivity (Wildman–Crippen MR) is 84.8 cm³/mol. The molecule has 0 saturated heterocycles. The Morgan fingerprint density at radius 3 is 2.91 bits per heavy atom. The van der Waals surface area contributed by atoms with Gasteiger partial charge < -0.3 is 5.32 Å². The molecule has 2 aromatic heterocycles. The maximum Gasteiger partial charge on any atom is 0.272 e. The molecule has 1 aliphatic rings. The Morgan fingerprint density at radius 1 is 1.32 bits per heavy atom. The van der Waals surface area contributed by atoms with Crippen molar-refractivity contribution in [1.82, 2.24) is 20.5 Å². The molecule has 116 valence electrons. The Balaban J connectivity index is 1.59. The SMILES string of the molecule is O=C(NCc1cc(Cl)ccn1)c1cc(C2CCCCC2)[nH]n1. The van der Waals surface area contributed by atoms with Crippen LogP contribution in [0.4, 0.5) is 0 Å². The molecule has 0 aromatic carbocycles. The topological polar surface area (TPSA) is 70.7 Å². The van der Waals surface area contributed by atoms with E-state index in [4.69, 9.17) is 11.6 Å². The van der Waals surface area contributed by atoms with Crippen molar-refractivity contribution in [3.8, 4) is 0 Å². The molecule has 1 aliphatic carbocycles. The predicted octanol–water partition coefficient (Wildman–Crippen LogP) is 3.44. The van der Waals surface area contributed by atoms with Crippen molar-refractivity contribution in [2.24, 2.45) is 0 Å². The van der Waals surface area contributed by atoms with Crippen LogP contribution in [0.25, 0.3) is 0 Å². The van der Waals surface area contributed by atoms with Crippen LogP contribution < -0.4 is 5.32 Å². The van der Waals surface area contributed by atoms with Gasteiger partial charge in [0, 0.05) is 22.8 Å². The van der Waals surface area contributed by atoms with Crippen molar-refractivity contribution in [3.05, 3.63) is 46.5 Å². The van der Waals surface area contributed by atoms with Gasteiger partial charge in [-0.25, -0.2) is 0 Å². The van der Waals surface area contributed by atoms with Crippen molar-refractivity contribution in [2.75, 3.05) is 0 Å². The van der Waals surface area contributed by atoms with Gasteiger partial charge in [-0.3, -0.25) is 14.9 Å². The minimum atomic E-state index is -0.194. The number of hydrogen-bond acceptors (Lipinski definition) is 3. The van der Waals surface area contributed by atoms with E-state index in [1.165, 1.54) is 32.1 Å². The Labute approximate surface area is 134 Å². The monoisotopic (exact) mass is 318 g/mol. The number of carbonyl (C=O) groups excluding carboxylic acids is 1. The van der Waals surface area contributed by atoms with Crippen LogP contribution in [0.3, 0.4) is 0 Å². The van der Waals surface area contributed by atoms with Gasteiger partial charge in [-0.15, -0.1) is 0 Å². The first-order chi connectivity index (χ1) is 10.7. The number of aromatic nitrogens is 3. The van der Waals surface area contributed by atoms with Crippen molar-refractivity contribution in [3.63, 3.8) is 0 Å². The van der Waals surface area contributed by atoms with Gasteiger partial charge >= 0.3 is 0 Å².